The normalized spacial score (nSPS) is 23.9. The number of carbonyl (C=O) groups excluding carboxylic acids is 1. The summed E-state index contributed by atoms with van der Waals surface area (Å²) < 4.78 is 0. The van der Waals surface area contributed by atoms with Crippen LogP contribution in [0.1, 0.15) is 23.6 Å². The van der Waals surface area contributed by atoms with Crippen molar-refractivity contribution >= 4 is 29.3 Å². The average molecular weight is 280 g/mol. The van der Waals surface area contributed by atoms with Crippen molar-refractivity contribution in [3.63, 3.8) is 0 Å². The van der Waals surface area contributed by atoms with Crippen LogP contribution in [0.15, 0.2) is 18.2 Å². The third-order valence-electron chi connectivity index (χ3n) is 3.37. The van der Waals surface area contributed by atoms with Crippen LogP contribution < -0.4 is 0 Å². The number of carbonyl (C=O) groups is 1. The second-order valence-corrected chi connectivity index (χ2v) is 7.67. The zero-order valence-corrected chi connectivity index (χ0v) is 12.9. The SMILES string of the molecule is Cc1ccc(C)c(CC(=O)C2SCCSC2C)c1. The fourth-order valence-electron chi connectivity index (χ4n) is 2.27. The van der Waals surface area contributed by atoms with Crippen LogP contribution in [-0.2, 0) is 11.2 Å². The van der Waals surface area contributed by atoms with Gasteiger partial charge in [0, 0.05) is 23.2 Å². The van der Waals surface area contributed by atoms with E-state index in [9.17, 15) is 4.79 Å². The van der Waals surface area contributed by atoms with E-state index in [1.54, 1.807) is 0 Å². The maximum atomic E-state index is 12.4. The van der Waals surface area contributed by atoms with Gasteiger partial charge in [0.1, 0.15) is 0 Å². The summed E-state index contributed by atoms with van der Waals surface area (Å²) >= 11 is 3.77. The molecule has 1 aliphatic rings. The topological polar surface area (TPSA) is 17.1 Å². The zero-order valence-electron chi connectivity index (χ0n) is 11.2. The first-order valence-corrected chi connectivity index (χ1v) is 8.49. The van der Waals surface area contributed by atoms with Crippen molar-refractivity contribution in [1.29, 1.82) is 0 Å². The minimum Gasteiger partial charge on any atom is -0.298 e. The molecule has 1 saturated heterocycles. The lowest BCUT2D eigenvalue weighted by atomic mass is 9.99. The zero-order chi connectivity index (χ0) is 13.1. The lowest BCUT2D eigenvalue weighted by Crippen LogP contribution is -2.32. The Morgan fingerprint density at radius 2 is 2.00 bits per heavy atom. The summed E-state index contributed by atoms with van der Waals surface area (Å²) in [5, 5.41) is 0.644. The molecule has 2 rings (SSSR count). The highest BCUT2D eigenvalue weighted by atomic mass is 32.2. The van der Waals surface area contributed by atoms with Crippen molar-refractivity contribution in [3.8, 4) is 0 Å². The van der Waals surface area contributed by atoms with E-state index in [4.69, 9.17) is 0 Å². The van der Waals surface area contributed by atoms with Crippen molar-refractivity contribution in [2.75, 3.05) is 11.5 Å². The Hall–Kier alpha value is -0.410. The number of aryl methyl sites for hydroxylation is 2. The van der Waals surface area contributed by atoms with E-state index in [0.29, 0.717) is 17.5 Å². The van der Waals surface area contributed by atoms with Crippen LogP contribution in [-0.4, -0.2) is 27.8 Å². The van der Waals surface area contributed by atoms with Crippen LogP contribution >= 0.6 is 23.5 Å². The maximum Gasteiger partial charge on any atom is 0.151 e. The van der Waals surface area contributed by atoms with E-state index < -0.39 is 0 Å². The smallest absolute Gasteiger partial charge is 0.151 e. The third-order valence-corrected chi connectivity index (χ3v) is 6.51. The highest BCUT2D eigenvalue weighted by molar-refractivity contribution is 8.07. The molecule has 1 nitrogen and oxygen atoms in total. The van der Waals surface area contributed by atoms with Gasteiger partial charge in [-0.05, 0) is 25.0 Å². The van der Waals surface area contributed by atoms with Gasteiger partial charge < -0.3 is 0 Å². The van der Waals surface area contributed by atoms with Crippen LogP contribution in [0.2, 0.25) is 0 Å². The van der Waals surface area contributed by atoms with Gasteiger partial charge in [-0.1, -0.05) is 30.7 Å². The molecule has 98 valence electrons. The maximum absolute atomic E-state index is 12.4. The van der Waals surface area contributed by atoms with Gasteiger partial charge in [0.2, 0.25) is 0 Å². The van der Waals surface area contributed by atoms with Gasteiger partial charge in [-0.3, -0.25) is 4.79 Å². The van der Waals surface area contributed by atoms with Crippen molar-refractivity contribution in [1.82, 2.24) is 0 Å². The Morgan fingerprint density at radius 1 is 1.28 bits per heavy atom. The molecule has 1 aromatic carbocycles. The monoisotopic (exact) mass is 280 g/mol. The summed E-state index contributed by atoms with van der Waals surface area (Å²) in [6.45, 7) is 6.36. The fourth-order valence-corrected chi connectivity index (χ4v) is 5.00. The van der Waals surface area contributed by atoms with Gasteiger partial charge in [0.25, 0.3) is 0 Å². The Balaban J connectivity index is 2.08. The second kappa shape index (κ2) is 6.16. The molecular weight excluding hydrogens is 260 g/mol. The molecule has 0 spiro atoms. The Kier molecular flexibility index (Phi) is 4.79. The molecule has 2 atom stereocenters. The van der Waals surface area contributed by atoms with Crippen molar-refractivity contribution < 1.29 is 4.79 Å². The van der Waals surface area contributed by atoms with Gasteiger partial charge in [0.15, 0.2) is 5.78 Å². The van der Waals surface area contributed by atoms with E-state index in [-0.39, 0.29) is 5.25 Å². The van der Waals surface area contributed by atoms with E-state index in [1.165, 1.54) is 22.4 Å². The van der Waals surface area contributed by atoms with Gasteiger partial charge >= 0.3 is 0 Å². The van der Waals surface area contributed by atoms with Crippen molar-refractivity contribution in [2.24, 2.45) is 0 Å². The lowest BCUT2D eigenvalue weighted by Gasteiger charge is -2.26. The molecule has 1 fully saturated rings. The Morgan fingerprint density at radius 3 is 2.72 bits per heavy atom. The number of rotatable bonds is 3. The Bertz CT molecular complexity index is 442. The van der Waals surface area contributed by atoms with Gasteiger partial charge in [-0.15, -0.1) is 11.8 Å². The molecular formula is C15H20OS2. The summed E-state index contributed by atoms with van der Waals surface area (Å²) in [5.41, 5.74) is 3.67. The highest BCUT2D eigenvalue weighted by Crippen LogP contribution is 2.32. The van der Waals surface area contributed by atoms with E-state index >= 15 is 0 Å². The molecule has 0 aliphatic carbocycles. The third kappa shape index (κ3) is 3.33. The molecule has 1 aliphatic heterocycles. The molecule has 2 unspecified atom stereocenters. The average Bonchev–Trinajstić information content (AvgIpc) is 2.34. The molecule has 0 saturated carbocycles. The molecule has 0 amide bonds. The predicted molar refractivity (Wildman–Crippen MR) is 82.8 cm³/mol. The second-order valence-electron chi connectivity index (χ2n) is 4.94. The Labute approximate surface area is 118 Å². The highest BCUT2D eigenvalue weighted by Gasteiger charge is 2.28. The number of ketones is 1. The first kappa shape index (κ1) is 14.0. The molecule has 0 N–H and O–H groups in total. The minimum atomic E-state index is 0.184. The van der Waals surface area contributed by atoms with Crippen LogP contribution in [0, 0.1) is 13.8 Å². The molecule has 0 bridgehead atoms. The summed E-state index contributed by atoms with van der Waals surface area (Å²) in [6.07, 6.45) is 0.593. The summed E-state index contributed by atoms with van der Waals surface area (Å²) in [7, 11) is 0. The summed E-state index contributed by atoms with van der Waals surface area (Å²) in [5.74, 6) is 2.69. The predicted octanol–water partition coefficient (Wildman–Crippen LogP) is 3.65. The van der Waals surface area contributed by atoms with Crippen LogP contribution in [0.4, 0.5) is 0 Å². The van der Waals surface area contributed by atoms with Gasteiger partial charge in [0.05, 0.1) is 5.25 Å². The number of benzene rings is 1. The fraction of sp³-hybridized carbons (Fsp3) is 0.533. The molecule has 0 aromatic heterocycles. The quantitative estimate of drug-likeness (QED) is 0.841. The number of hydrogen-bond donors (Lipinski definition) is 0. The first-order valence-electron chi connectivity index (χ1n) is 6.40. The van der Waals surface area contributed by atoms with E-state index in [0.717, 1.165) is 5.75 Å². The van der Waals surface area contributed by atoms with Crippen molar-refractivity contribution in [2.45, 2.75) is 37.7 Å². The van der Waals surface area contributed by atoms with Gasteiger partial charge in [-0.2, -0.15) is 11.8 Å². The first-order chi connectivity index (χ1) is 8.58. The molecule has 18 heavy (non-hydrogen) atoms. The number of Topliss-reactive ketones (excluding diaryl/α,β-unsaturated/α-hetero) is 1. The molecule has 1 aromatic rings. The summed E-state index contributed by atoms with van der Waals surface area (Å²) in [4.78, 5) is 12.4. The minimum absolute atomic E-state index is 0.184. The summed E-state index contributed by atoms with van der Waals surface area (Å²) in [6, 6.07) is 6.37. The molecule has 1 heterocycles. The largest absolute Gasteiger partial charge is 0.298 e. The van der Waals surface area contributed by atoms with Crippen LogP contribution in [0.25, 0.3) is 0 Å². The van der Waals surface area contributed by atoms with Gasteiger partial charge in [-0.25, -0.2) is 0 Å². The van der Waals surface area contributed by atoms with Crippen LogP contribution in [0.5, 0.6) is 0 Å². The van der Waals surface area contributed by atoms with Crippen LogP contribution in [0.3, 0.4) is 0 Å². The van der Waals surface area contributed by atoms with E-state index in [2.05, 4.69) is 39.0 Å². The van der Waals surface area contributed by atoms with Crippen molar-refractivity contribution in [3.05, 3.63) is 34.9 Å². The van der Waals surface area contributed by atoms with E-state index in [1.807, 2.05) is 23.5 Å². The number of hydrogen-bond acceptors (Lipinski definition) is 3. The number of thioether (sulfide) groups is 2. The lowest BCUT2D eigenvalue weighted by molar-refractivity contribution is -0.117. The standard InChI is InChI=1S/C15H20OS2/c1-10-4-5-11(2)13(8-10)9-14(16)15-12(3)17-6-7-18-15/h4-5,8,12,15H,6-7,9H2,1-3H3. The molecule has 3 heteroatoms. The molecule has 0 radical (unpaired) electrons.